The second-order valence-electron chi connectivity index (χ2n) is 5.24. The molecule has 0 bridgehead atoms. The number of nitrogens with two attached hydrogens (primary N) is 1. The van der Waals surface area contributed by atoms with Gasteiger partial charge < -0.3 is 10.5 Å². The minimum Gasteiger partial charge on any atom is -0.377 e. The van der Waals surface area contributed by atoms with Gasteiger partial charge in [0.15, 0.2) is 0 Å². The third-order valence-corrected chi connectivity index (χ3v) is 5.96. The lowest BCUT2D eigenvalue weighted by Gasteiger charge is -2.27. The third kappa shape index (κ3) is 3.96. The summed E-state index contributed by atoms with van der Waals surface area (Å²) in [6, 6.07) is 4.84. The first kappa shape index (κ1) is 16.7. The molecule has 1 saturated heterocycles. The largest absolute Gasteiger partial charge is 0.377 e. The predicted molar refractivity (Wildman–Crippen MR) is 82.8 cm³/mol. The van der Waals surface area contributed by atoms with Gasteiger partial charge in [0.2, 0.25) is 10.0 Å². The number of rotatable bonds is 5. The fourth-order valence-corrected chi connectivity index (χ4v) is 4.10. The van der Waals surface area contributed by atoms with Crippen LogP contribution in [0.4, 0.5) is 0 Å². The van der Waals surface area contributed by atoms with Crippen LogP contribution in [0.2, 0.25) is 5.02 Å². The summed E-state index contributed by atoms with van der Waals surface area (Å²) < 4.78 is 32.2. The fraction of sp³-hybridized carbons (Fsp3) is 0.571. The van der Waals surface area contributed by atoms with Crippen LogP contribution in [-0.4, -0.2) is 39.0 Å². The molecule has 2 rings (SSSR count). The second-order valence-corrected chi connectivity index (χ2v) is 7.66. The molecule has 1 aromatic carbocycles. The Balaban J connectivity index is 2.20. The van der Waals surface area contributed by atoms with Crippen molar-refractivity contribution in [3.05, 3.63) is 28.8 Å². The third-order valence-electron chi connectivity index (χ3n) is 3.65. The van der Waals surface area contributed by atoms with E-state index < -0.39 is 10.0 Å². The maximum atomic E-state index is 12.6. The van der Waals surface area contributed by atoms with Crippen molar-refractivity contribution in [3.8, 4) is 0 Å². The Kier molecular flexibility index (Phi) is 5.62. The van der Waals surface area contributed by atoms with Gasteiger partial charge in [-0.1, -0.05) is 17.7 Å². The highest BCUT2D eigenvalue weighted by Gasteiger charge is 2.27. The van der Waals surface area contributed by atoms with Crippen molar-refractivity contribution >= 4 is 21.6 Å². The van der Waals surface area contributed by atoms with Crippen molar-refractivity contribution in [1.29, 1.82) is 0 Å². The Hall–Kier alpha value is -0.660. The maximum absolute atomic E-state index is 12.6. The van der Waals surface area contributed by atoms with Gasteiger partial charge in [-0.15, -0.1) is 0 Å². The van der Waals surface area contributed by atoms with Crippen molar-refractivity contribution in [2.75, 3.05) is 20.2 Å². The highest BCUT2D eigenvalue weighted by Crippen LogP contribution is 2.26. The van der Waals surface area contributed by atoms with Gasteiger partial charge in [-0.3, -0.25) is 0 Å². The zero-order valence-corrected chi connectivity index (χ0v) is 13.7. The lowest BCUT2D eigenvalue weighted by Crippen LogP contribution is -2.37. The smallest absolute Gasteiger partial charge is 0.244 e. The molecule has 0 saturated carbocycles. The average Bonchev–Trinajstić information content (AvgIpc) is 2.48. The number of hydrogen-bond donors (Lipinski definition) is 1. The van der Waals surface area contributed by atoms with Gasteiger partial charge in [-0.25, -0.2) is 8.42 Å². The van der Waals surface area contributed by atoms with Crippen LogP contribution < -0.4 is 5.73 Å². The van der Waals surface area contributed by atoms with Gasteiger partial charge in [0.05, 0.1) is 11.1 Å². The molecule has 1 fully saturated rings. The zero-order valence-electron chi connectivity index (χ0n) is 12.1. The molecule has 1 atom stereocenters. The topological polar surface area (TPSA) is 72.6 Å². The SMILES string of the molecule is CN(CC1CCCCO1)S(=O)(=O)c1cc(CN)ccc1Cl. The monoisotopic (exact) mass is 332 g/mol. The summed E-state index contributed by atoms with van der Waals surface area (Å²) in [5.41, 5.74) is 6.30. The average molecular weight is 333 g/mol. The molecule has 0 amide bonds. The standard InChI is InChI=1S/C14H21ClN2O3S/c1-17(10-12-4-2-3-7-20-12)21(18,19)14-8-11(9-16)5-6-13(14)15/h5-6,8,12H,2-4,7,9-10,16H2,1H3. The summed E-state index contributed by atoms with van der Waals surface area (Å²) in [6.07, 6.45) is 2.95. The molecule has 0 radical (unpaired) electrons. The summed E-state index contributed by atoms with van der Waals surface area (Å²) in [6.45, 7) is 1.31. The number of benzene rings is 1. The molecule has 5 nitrogen and oxygen atoms in total. The number of halogens is 1. The van der Waals surface area contributed by atoms with E-state index in [4.69, 9.17) is 22.1 Å². The van der Waals surface area contributed by atoms with Crippen LogP contribution in [0.3, 0.4) is 0 Å². The van der Waals surface area contributed by atoms with E-state index >= 15 is 0 Å². The first-order chi connectivity index (χ1) is 9.95. The molecule has 118 valence electrons. The van der Waals surface area contributed by atoms with E-state index in [-0.39, 0.29) is 22.6 Å². The van der Waals surface area contributed by atoms with Crippen molar-refractivity contribution in [1.82, 2.24) is 4.31 Å². The van der Waals surface area contributed by atoms with E-state index in [2.05, 4.69) is 0 Å². The lowest BCUT2D eigenvalue weighted by molar-refractivity contribution is 0.00858. The lowest BCUT2D eigenvalue weighted by atomic mass is 10.1. The minimum atomic E-state index is -3.64. The molecule has 1 heterocycles. The van der Waals surface area contributed by atoms with Crippen LogP contribution in [0, 0.1) is 0 Å². The molecule has 0 aliphatic carbocycles. The summed E-state index contributed by atoms with van der Waals surface area (Å²) in [5, 5.41) is 0.212. The van der Waals surface area contributed by atoms with Gasteiger partial charge in [-0.05, 0) is 37.0 Å². The highest BCUT2D eigenvalue weighted by molar-refractivity contribution is 7.89. The Labute approximate surface area is 131 Å². The molecule has 2 N–H and O–H groups in total. The van der Waals surface area contributed by atoms with Gasteiger partial charge in [-0.2, -0.15) is 4.31 Å². The number of ether oxygens (including phenoxy) is 1. The zero-order chi connectivity index (χ0) is 15.5. The predicted octanol–water partition coefficient (Wildman–Crippen LogP) is 1.99. The minimum absolute atomic E-state index is 0.0463. The molecule has 1 aliphatic heterocycles. The van der Waals surface area contributed by atoms with E-state index in [1.54, 1.807) is 19.2 Å². The van der Waals surface area contributed by atoms with Crippen molar-refractivity contribution in [2.24, 2.45) is 5.73 Å². The van der Waals surface area contributed by atoms with Crippen LogP contribution in [0.1, 0.15) is 24.8 Å². The first-order valence-electron chi connectivity index (χ1n) is 7.01. The molecular weight excluding hydrogens is 312 g/mol. The Morgan fingerprint density at radius 3 is 2.81 bits per heavy atom. The number of likely N-dealkylation sites (N-methyl/N-ethyl adjacent to an activating group) is 1. The fourth-order valence-electron chi connectivity index (χ4n) is 2.38. The summed E-state index contributed by atoms with van der Waals surface area (Å²) in [5.74, 6) is 0. The van der Waals surface area contributed by atoms with Crippen molar-refractivity contribution < 1.29 is 13.2 Å². The van der Waals surface area contributed by atoms with Gasteiger partial charge in [0.1, 0.15) is 4.90 Å². The molecule has 0 aromatic heterocycles. The van der Waals surface area contributed by atoms with Crippen LogP contribution in [0.25, 0.3) is 0 Å². The number of hydrogen-bond acceptors (Lipinski definition) is 4. The summed E-state index contributed by atoms with van der Waals surface area (Å²) in [7, 11) is -2.08. The maximum Gasteiger partial charge on any atom is 0.244 e. The Morgan fingerprint density at radius 2 is 2.19 bits per heavy atom. The molecule has 1 aliphatic rings. The van der Waals surface area contributed by atoms with Crippen LogP contribution in [-0.2, 0) is 21.3 Å². The quantitative estimate of drug-likeness (QED) is 0.895. The van der Waals surface area contributed by atoms with E-state index in [0.717, 1.165) is 24.8 Å². The van der Waals surface area contributed by atoms with Crippen LogP contribution in [0.5, 0.6) is 0 Å². The summed E-state index contributed by atoms with van der Waals surface area (Å²) >= 11 is 6.05. The second kappa shape index (κ2) is 7.07. The molecule has 1 unspecified atom stereocenters. The Bertz CT molecular complexity index is 586. The van der Waals surface area contributed by atoms with Crippen LogP contribution >= 0.6 is 11.6 Å². The number of sulfonamides is 1. The molecule has 21 heavy (non-hydrogen) atoms. The van der Waals surface area contributed by atoms with E-state index in [0.29, 0.717) is 13.2 Å². The Morgan fingerprint density at radius 1 is 1.43 bits per heavy atom. The number of nitrogens with zero attached hydrogens (tertiary/aromatic N) is 1. The molecule has 0 spiro atoms. The van der Waals surface area contributed by atoms with Crippen molar-refractivity contribution in [2.45, 2.75) is 36.8 Å². The van der Waals surface area contributed by atoms with E-state index in [1.807, 2.05) is 0 Å². The molecular formula is C14H21ClN2O3S. The first-order valence-corrected chi connectivity index (χ1v) is 8.83. The molecule has 7 heteroatoms. The molecule has 1 aromatic rings. The van der Waals surface area contributed by atoms with Gasteiger partial charge in [0, 0.05) is 26.7 Å². The normalized spacial score (nSPS) is 19.9. The van der Waals surface area contributed by atoms with Gasteiger partial charge in [0.25, 0.3) is 0 Å². The van der Waals surface area contributed by atoms with Crippen molar-refractivity contribution in [3.63, 3.8) is 0 Å². The van der Waals surface area contributed by atoms with Gasteiger partial charge >= 0.3 is 0 Å². The van der Waals surface area contributed by atoms with Crippen LogP contribution in [0.15, 0.2) is 23.1 Å². The highest BCUT2D eigenvalue weighted by atomic mass is 35.5. The summed E-state index contributed by atoms with van der Waals surface area (Å²) in [4.78, 5) is 0.102. The van der Waals surface area contributed by atoms with E-state index in [9.17, 15) is 8.42 Å². The van der Waals surface area contributed by atoms with E-state index in [1.165, 1.54) is 10.4 Å².